The molecule has 0 saturated carbocycles. The fraction of sp³-hybridized carbons (Fsp3) is 0.0500. The zero-order valence-electron chi connectivity index (χ0n) is 15.1. The Morgan fingerprint density at radius 1 is 1.21 bits per heavy atom. The van der Waals surface area contributed by atoms with Gasteiger partial charge in [0.05, 0.1) is 21.7 Å². The number of non-ortho nitro benzene ring substituents is 1. The Morgan fingerprint density at radius 2 is 2.00 bits per heavy atom. The second-order valence-corrected chi connectivity index (χ2v) is 7.32. The van der Waals surface area contributed by atoms with Crippen LogP contribution in [0.4, 0.5) is 5.69 Å². The maximum Gasteiger partial charge on any atom is 0.315 e. The van der Waals surface area contributed by atoms with Gasteiger partial charge in [0.25, 0.3) is 5.69 Å². The lowest BCUT2D eigenvalue weighted by Gasteiger charge is -2.05. The number of nitro benzene ring substituents is 1. The minimum absolute atomic E-state index is 0.0606. The summed E-state index contributed by atoms with van der Waals surface area (Å²) in [5.74, 6) is -0.184. The molecule has 144 valence electrons. The highest BCUT2D eigenvalue weighted by atomic mass is 32.1. The van der Waals surface area contributed by atoms with Gasteiger partial charge in [0.15, 0.2) is 0 Å². The maximum absolute atomic E-state index is 12.5. The number of benzene rings is 2. The summed E-state index contributed by atoms with van der Waals surface area (Å²) in [6, 6.07) is 13.3. The van der Waals surface area contributed by atoms with E-state index in [0.717, 1.165) is 16.9 Å². The summed E-state index contributed by atoms with van der Waals surface area (Å²) < 4.78 is 1.24. The van der Waals surface area contributed by atoms with E-state index in [1.807, 2.05) is 19.1 Å². The third-order valence-electron chi connectivity index (χ3n) is 4.32. The van der Waals surface area contributed by atoms with Gasteiger partial charge >= 0.3 is 4.87 Å². The number of aromatic hydroxyl groups is 1. The van der Waals surface area contributed by atoms with Crippen LogP contribution in [-0.4, -0.2) is 26.5 Å². The molecule has 2 heterocycles. The second kappa shape index (κ2) is 7.28. The number of hydrogen-bond acceptors (Lipinski definition) is 7. The number of hydrogen-bond donors (Lipinski definition) is 1. The molecule has 3 aromatic rings. The van der Waals surface area contributed by atoms with Crippen molar-refractivity contribution < 1.29 is 10.0 Å². The molecule has 29 heavy (non-hydrogen) atoms. The molecule has 4 rings (SSSR count). The van der Waals surface area contributed by atoms with Crippen molar-refractivity contribution in [3.05, 3.63) is 89.9 Å². The fourth-order valence-electron chi connectivity index (χ4n) is 2.98. The fourth-order valence-corrected chi connectivity index (χ4v) is 3.82. The van der Waals surface area contributed by atoms with Crippen LogP contribution in [0.3, 0.4) is 0 Å². The van der Waals surface area contributed by atoms with Crippen LogP contribution in [0, 0.1) is 17.0 Å². The van der Waals surface area contributed by atoms with Gasteiger partial charge in [-0.15, -0.1) is 5.10 Å². The Balaban J connectivity index is 1.75. The number of nitro groups is 1. The van der Waals surface area contributed by atoms with Crippen LogP contribution in [0.5, 0.6) is 5.88 Å². The summed E-state index contributed by atoms with van der Waals surface area (Å²) in [5, 5.41) is 29.6. The van der Waals surface area contributed by atoms with Gasteiger partial charge in [-0.25, -0.2) is 4.57 Å². The van der Waals surface area contributed by atoms with E-state index in [2.05, 4.69) is 10.2 Å². The summed E-state index contributed by atoms with van der Waals surface area (Å²) in [4.78, 5) is 23.0. The Bertz CT molecular complexity index is 1280. The molecule has 1 aliphatic rings. The topological polar surface area (TPSA) is 110 Å². The molecule has 8 nitrogen and oxygen atoms in total. The first-order chi connectivity index (χ1) is 13.9. The Morgan fingerprint density at radius 3 is 2.76 bits per heavy atom. The molecule has 9 heteroatoms. The Hall–Kier alpha value is -3.85. The van der Waals surface area contributed by atoms with Crippen molar-refractivity contribution in [1.82, 2.24) is 4.57 Å². The Kier molecular flexibility index (Phi) is 4.65. The van der Waals surface area contributed by atoms with Crippen molar-refractivity contribution in [2.45, 2.75) is 6.92 Å². The lowest BCUT2D eigenvalue weighted by Crippen LogP contribution is -2.09. The smallest absolute Gasteiger partial charge is 0.315 e. The van der Waals surface area contributed by atoms with Crippen molar-refractivity contribution in [3.8, 4) is 11.6 Å². The molecule has 0 unspecified atom stereocenters. The lowest BCUT2D eigenvalue weighted by atomic mass is 10.0. The summed E-state index contributed by atoms with van der Waals surface area (Å²) in [6.07, 6.45) is 3.08. The van der Waals surface area contributed by atoms with Crippen LogP contribution < -0.4 is 4.87 Å². The quantitative estimate of drug-likeness (QED) is 0.526. The molecular formula is C20H14N4O4S. The third kappa shape index (κ3) is 3.50. The van der Waals surface area contributed by atoms with Crippen LogP contribution in [0.15, 0.2) is 69.1 Å². The average Bonchev–Trinajstić information content (AvgIpc) is 3.26. The zero-order chi connectivity index (χ0) is 20.5. The van der Waals surface area contributed by atoms with E-state index >= 15 is 0 Å². The van der Waals surface area contributed by atoms with Gasteiger partial charge < -0.3 is 5.11 Å². The van der Waals surface area contributed by atoms with Crippen molar-refractivity contribution in [3.63, 3.8) is 0 Å². The highest BCUT2D eigenvalue weighted by Gasteiger charge is 2.19. The monoisotopic (exact) mass is 406 g/mol. The Labute approximate surface area is 168 Å². The van der Waals surface area contributed by atoms with Gasteiger partial charge in [-0.3, -0.25) is 14.9 Å². The normalized spacial score (nSPS) is 14.4. The van der Waals surface area contributed by atoms with E-state index in [9.17, 15) is 20.0 Å². The van der Waals surface area contributed by atoms with Crippen LogP contribution in [0.25, 0.3) is 11.8 Å². The van der Waals surface area contributed by atoms with Crippen molar-refractivity contribution >= 4 is 35.0 Å². The lowest BCUT2D eigenvalue weighted by molar-refractivity contribution is -0.384. The highest BCUT2D eigenvalue weighted by Crippen LogP contribution is 2.28. The van der Waals surface area contributed by atoms with E-state index in [0.29, 0.717) is 27.4 Å². The number of nitrogens with zero attached hydrogens (tertiary/aromatic N) is 4. The van der Waals surface area contributed by atoms with E-state index in [4.69, 9.17) is 0 Å². The summed E-state index contributed by atoms with van der Waals surface area (Å²) in [7, 11) is 0. The molecule has 1 aliphatic heterocycles. The van der Waals surface area contributed by atoms with Gasteiger partial charge in [0.2, 0.25) is 5.88 Å². The van der Waals surface area contributed by atoms with Crippen molar-refractivity contribution in [2.75, 3.05) is 0 Å². The molecule has 0 spiro atoms. The first kappa shape index (κ1) is 18.5. The van der Waals surface area contributed by atoms with Crippen LogP contribution in [0.2, 0.25) is 0 Å². The first-order valence-corrected chi connectivity index (χ1v) is 9.35. The minimum atomic E-state index is -0.483. The molecule has 0 saturated heterocycles. The molecule has 1 N–H and O–H groups in total. The van der Waals surface area contributed by atoms with E-state index in [1.165, 1.54) is 22.9 Å². The predicted molar refractivity (Wildman–Crippen MR) is 112 cm³/mol. The predicted octanol–water partition coefficient (Wildman–Crippen LogP) is 3.69. The minimum Gasteiger partial charge on any atom is -0.493 e. The summed E-state index contributed by atoms with van der Waals surface area (Å²) >= 11 is 0.890. The van der Waals surface area contributed by atoms with Gasteiger partial charge in [-0.05, 0) is 30.7 Å². The van der Waals surface area contributed by atoms with Crippen molar-refractivity contribution in [1.29, 1.82) is 0 Å². The molecule has 0 aliphatic carbocycles. The number of aryl methyl sites for hydroxylation is 1. The van der Waals surface area contributed by atoms with Crippen LogP contribution in [-0.2, 0) is 0 Å². The number of rotatable bonds is 4. The number of allylic oxidation sites excluding steroid dienone is 1. The maximum atomic E-state index is 12.5. The molecule has 1 aromatic heterocycles. The standard InChI is InChI=1S/C20H14N4O4S/c1-12-4-2-6-15(8-12)23-19(25)17(29-20(23)26)10-14-11-21-22-18(14)13-5-3-7-16(9-13)24(27)28/h2-11,25H,1H3/b14-10-. The second-order valence-electron chi connectivity index (χ2n) is 6.33. The summed E-state index contributed by atoms with van der Waals surface area (Å²) in [5.41, 5.74) is 2.96. The van der Waals surface area contributed by atoms with Gasteiger partial charge in [0.1, 0.15) is 5.71 Å². The van der Waals surface area contributed by atoms with E-state index in [1.54, 1.807) is 30.3 Å². The third-order valence-corrected chi connectivity index (χ3v) is 5.19. The molecule has 0 amide bonds. The molecule has 0 radical (unpaired) electrons. The SMILES string of the molecule is Cc1cccc(-n2c(O)c(/C=C3/C=NN=C3c3cccc([N+](=O)[O-])c3)sc2=O)c1. The average molecular weight is 406 g/mol. The molecular weight excluding hydrogens is 392 g/mol. The van der Waals surface area contributed by atoms with E-state index < -0.39 is 4.92 Å². The van der Waals surface area contributed by atoms with Crippen LogP contribution in [0.1, 0.15) is 16.0 Å². The molecule has 0 fully saturated rings. The molecule has 0 bridgehead atoms. The number of aromatic nitrogens is 1. The van der Waals surface area contributed by atoms with Gasteiger partial charge in [-0.1, -0.05) is 35.6 Å². The summed E-state index contributed by atoms with van der Waals surface area (Å²) in [6.45, 7) is 1.90. The van der Waals surface area contributed by atoms with Gasteiger partial charge in [0, 0.05) is 23.3 Å². The number of thiazole rings is 1. The zero-order valence-corrected chi connectivity index (χ0v) is 16.0. The van der Waals surface area contributed by atoms with Gasteiger partial charge in [-0.2, -0.15) is 5.10 Å². The first-order valence-electron chi connectivity index (χ1n) is 8.54. The molecule has 2 aromatic carbocycles. The largest absolute Gasteiger partial charge is 0.493 e. The molecule has 0 atom stereocenters. The van der Waals surface area contributed by atoms with E-state index in [-0.39, 0.29) is 16.4 Å². The van der Waals surface area contributed by atoms with Crippen molar-refractivity contribution in [2.24, 2.45) is 10.2 Å². The highest BCUT2D eigenvalue weighted by molar-refractivity contribution is 7.10. The van der Waals surface area contributed by atoms with Crippen LogP contribution >= 0.6 is 11.3 Å².